The molecule has 0 fully saturated rings. The van der Waals surface area contributed by atoms with Crippen molar-refractivity contribution in [2.45, 2.75) is 47.5 Å². The summed E-state index contributed by atoms with van der Waals surface area (Å²) in [7, 11) is 3.61. The van der Waals surface area contributed by atoms with Crippen LogP contribution in [0.5, 0.6) is 0 Å². The monoisotopic (exact) mass is 380 g/mol. The first-order valence-corrected chi connectivity index (χ1v) is 10.0. The van der Waals surface area contributed by atoms with Crippen LogP contribution in [0.1, 0.15) is 53.0 Å². The van der Waals surface area contributed by atoms with E-state index in [0.717, 1.165) is 11.3 Å². The highest BCUT2D eigenvalue weighted by Crippen LogP contribution is 2.42. The van der Waals surface area contributed by atoms with Gasteiger partial charge in [0.05, 0.1) is 0 Å². The van der Waals surface area contributed by atoms with E-state index in [-0.39, 0.29) is 23.7 Å². The summed E-state index contributed by atoms with van der Waals surface area (Å²) in [5, 5.41) is 0. The molecule has 2 aliphatic heterocycles. The summed E-state index contributed by atoms with van der Waals surface area (Å²) in [5.74, 6) is -0.0861. The number of anilines is 1. The molecule has 1 aromatic rings. The van der Waals surface area contributed by atoms with Crippen molar-refractivity contribution in [3.05, 3.63) is 64.4 Å². The van der Waals surface area contributed by atoms with Gasteiger partial charge >= 0.3 is 0 Å². The number of carbonyl (C=O) groups excluding carboxylic acids is 2. The van der Waals surface area contributed by atoms with Gasteiger partial charge in [0.1, 0.15) is 0 Å². The van der Waals surface area contributed by atoms with E-state index in [0.29, 0.717) is 11.1 Å². The summed E-state index contributed by atoms with van der Waals surface area (Å²) in [5.41, 5.74) is 5.73. The zero-order valence-electron chi connectivity index (χ0n) is 18.3. The number of para-hydroxylation sites is 1. The topological polar surface area (TPSA) is 40.6 Å². The van der Waals surface area contributed by atoms with E-state index in [1.165, 1.54) is 16.2 Å². The Morgan fingerprint density at radius 2 is 1.57 bits per heavy atom. The van der Waals surface area contributed by atoms with Gasteiger partial charge in [-0.15, -0.1) is 0 Å². The van der Waals surface area contributed by atoms with Gasteiger partial charge < -0.3 is 4.90 Å². The van der Waals surface area contributed by atoms with E-state index < -0.39 is 0 Å². The number of carbonyl (C=O) groups is 2. The van der Waals surface area contributed by atoms with Crippen molar-refractivity contribution < 1.29 is 9.59 Å². The molecule has 1 aromatic carbocycles. The third-order valence-electron chi connectivity index (χ3n) is 5.47. The summed E-state index contributed by atoms with van der Waals surface area (Å²) < 4.78 is 0. The SMILES string of the molecule is CC.CC1=C(C(C)C)C(=O)N(C)C(=O)/C1=C\C=C1/C(C)c2ccccc2N1C. The largest absolute Gasteiger partial charge is 0.347 e. The first-order valence-electron chi connectivity index (χ1n) is 10.0. The third kappa shape index (κ3) is 3.56. The van der Waals surface area contributed by atoms with Crippen molar-refractivity contribution in [2.75, 3.05) is 19.0 Å². The van der Waals surface area contributed by atoms with Gasteiger partial charge in [0.25, 0.3) is 11.8 Å². The highest BCUT2D eigenvalue weighted by atomic mass is 16.2. The Kier molecular flexibility index (Phi) is 6.65. The van der Waals surface area contributed by atoms with Crippen molar-refractivity contribution in [3.8, 4) is 0 Å². The number of hydrogen-bond donors (Lipinski definition) is 0. The van der Waals surface area contributed by atoms with Crippen LogP contribution in [-0.2, 0) is 9.59 Å². The van der Waals surface area contributed by atoms with Gasteiger partial charge in [0.15, 0.2) is 0 Å². The molecule has 1 unspecified atom stereocenters. The second-order valence-electron chi connectivity index (χ2n) is 7.37. The molecule has 0 radical (unpaired) electrons. The predicted octanol–water partition coefficient (Wildman–Crippen LogP) is 5.05. The minimum atomic E-state index is -0.237. The number of hydrogen-bond acceptors (Lipinski definition) is 3. The molecule has 2 aliphatic rings. The number of rotatable bonds is 2. The molecule has 4 heteroatoms. The normalized spacial score (nSPS) is 22.2. The summed E-state index contributed by atoms with van der Waals surface area (Å²) >= 11 is 0. The van der Waals surface area contributed by atoms with Crippen LogP contribution in [0.2, 0.25) is 0 Å². The lowest BCUT2D eigenvalue weighted by atomic mass is 9.88. The number of fused-ring (bicyclic) bond motifs is 1. The maximum Gasteiger partial charge on any atom is 0.260 e. The first-order chi connectivity index (χ1) is 13.3. The molecule has 1 atom stereocenters. The summed E-state index contributed by atoms with van der Waals surface area (Å²) in [6, 6.07) is 8.35. The van der Waals surface area contributed by atoms with Gasteiger partial charge in [-0.05, 0) is 42.2 Å². The summed E-state index contributed by atoms with van der Waals surface area (Å²) in [6.45, 7) is 12.0. The average Bonchev–Trinajstić information content (AvgIpc) is 2.92. The number of amides is 2. The molecule has 0 aliphatic carbocycles. The Balaban J connectivity index is 0.00000136. The lowest BCUT2D eigenvalue weighted by Gasteiger charge is -2.28. The molecule has 0 bridgehead atoms. The molecule has 2 heterocycles. The molecule has 2 amide bonds. The predicted molar refractivity (Wildman–Crippen MR) is 116 cm³/mol. The summed E-state index contributed by atoms with van der Waals surface area (Å²) in [4.78, 5) is 28.5. The van der Waals surface area contributed by atoms with Crippen LogP contribution in [0.25, 0.3) is 0 Å². The van der Waals surface area contributed by atoms with Crippen LogP contribution < -0.4 is 4.90 Å². The molecule has 28 heavy (non-hydrogen) atoms. The van der Waals surface area contributed by atoms with E-state index in [2.05, 4.69) is 30.0 Å². The molecule has 0 spiro atoms. The number of imide groups is 1. The van der Waals surface area contributed by atoms with E-state index in [4.69, 9.17) is 0 Å². The van der Waals surface area contributed by atoms with Gasteiger partial charge in [-0.3, -0.25) is 14.5 Å². The second kappa shape index (κ2) is 8.59. The average molecular weight is 381 g/mol. The number of likely N-dealkylation sites (N-methyl/N-ethyl adjacent to an activating group) is 2. The maximum atomic E-state index is 12.7. The fraction of sp³-hybridized carbons (Fsp3) is 0.417. The molecule has 4 nitrogen and oxygen atoms in total. The molecule has 150 valence electrons. The fourth-order valence-electron chi connectivity index (χ4n) is 3.97. The number of allylic oxidation sites excluding steroid dienone is 3. The molecular weight excluding hydrogens is 348 g/mol. The Hall–Kier alpha value is -2.62. The van der Waals surface area contributed by atoms with Crippen molar-refractivity contribution in [2.24, 2.45) is 5.92 Å². The van der Waals surface area contributed by atoms with Crippen LogP contribution in [0, 0.1) is 5.92 Å². The van der Waals surface area contributed by atoms with Crippen molar-refractivity contribution in [3.63, 3.8) is 0 Å². The molecule has 3 rings (SSSR count). The highest BCUT2D eigenvalue weighted by Gasteiger charge is 2.34. The third-order valence-corrected chi connectivity index (χ3v) is 5.47. The Morgan fingerprint density at radius 3 is 2.14 bits per heavy atom. The zero-order valence-corrected chi connectivity index (χ0v) is 18.3. The van der Waals surface area contributed by atoms with Gasteiger partial charge in [0, 0.05) is 42.5 Å². The van der Waals surface area contributed by atoms with Crippen LogP contribution in [0.4, 0.5) is 5.69 Å². The van der Waals surface area contributed by atoms with E-state index in [1.807, 2.05) is 59.9 Å². The fourth-order valence-corrected chi connectivity index (χ4v) is 3.97. The highest BCUT2D eigenvalue weighted by molar-refractivity contribution is 6.16. The van der Waals surface area contributed by atoms with Gasteiger partial charge in [-0.25, -0.2) is 0 Å². The molecule has 0 saturated heterocycles. The van der Waals surface area contributed by atoms with E-state index >= 15 is 0 Å². The minimum Gasteiger partial charge on any atom is -0.347 e. The first kappa shape index (κ1) is 21.7. The number of nitrogens with zero attached hydrogens (tertiary/aromatic N) is 2. The maximum absolute atomic E-state index is 12.7. The molecule has 0 N–H and O–H groups in total. The number of benzene rings is 1. The molecule has 0 aromatic heterocycles. The van der Waals surface area contributed by atoms with E-state index in [1.54, 1.807) is 7.05 Å². The van der Waals surface area contributed by atoms with Crippen LogP contribution in [-0.4, -0.2) is 30.8 Å². The Bertz CT molecular complexity index is 843. The standard InChI is InChI=1S/C22H26N2O2.C2H6/c1-13(2)20-15(4)17(21(25)24(6)22(20)26)11-12-18-14(3)16-9-7-8-10-19(16)23(18)5;1-2/h7-14H,1-6H3;1-2H3/b17-11-,18-12+;. The van der Waals surface area contributed by atoms with Crippen LogP contribution in [0.3, 0.4) is 0 Å². The minimum absolute atomic E-state index is 0.0754. The Morgan fingerprint density at radius 1 is 0.964 bits per heavy atom. The lowest BCUT2D eigenvalue weighted by Crippen LogP contribution is -2.41. The van der Waals surface area contributed by atoms with Crippen LogP contribution >= 0.6 is 0 Å². The second-order valence-corrected chi connectivity index (χ2v) is 7.37. The zero-order chi connectivity index (χ0) is 21.2. The molecular formula is C24H32N2O2. The quantitative estimate of drug-likeness (QED) is 0.533. The molecule has 0 saturated carbocycles. The van der Waals surface area contributed by atoms with Crippen molar-refractivity contribution in [1.29, 1.82) is 0 Å². The smallest absolute Gasteiger partial charge is 0.260 e. The van der Waals surface area contributed by atoms with Crippen LogP contribution in [0.15, 0.2) is 58.8 Å². The van der Waals surface area contributed by atoms with Gasteiger partial charge in [-0.1, -0.05) is 52.8 Å². The van der Waals surface area contributed by atoms with Gasteiger partial charge in [-0.2, -0.15) is 0 Å². The van der Waals surface area contributed by atoms with E-state index in [9.17, 15) is 9.59 Å². The van der Waals surface area contributed by atoms with Crippen molar-refractivity contribution >= 4 is 17.5 Å². The summed E-state index contributed by atoms with van der Waals surface area (Å²) in [6.07, 6.45) is 3.89. The lowest BCUT2D eigenvalue weighted by molar-refractivity contribution is -0.139. The van der Waals surface area contributed by atoms with Crippen molar-refractivity contribution in [1.82, 2.24) is 4.90 Å². The van der Waals surface area contributed by atoms with Gasteiger partial charge in [0.2, 0.25) is 0 Å². The Labute approximate surface area is 169 Å².